The van der Waals surface area contributed by atoms with Gasteiger partial charge >= 0.3 is 6.09 Å². The van der Waals surface area contributed by atoms with Crippen molar-refractivity contribution in [1.82, 2.24) is 4.90 Å². The van der Waals surface area contributed by atoms with Crippen LogP contribution in [0.3, 0.4) is 0 Å². The number of alkyl halides is 1. The molecule has 0 N–H and O–H groups in total. The van der Waals surface area contributed by atoms with E-state index in [-0.39, 0.29) is 12.6 Å². The molecule has 2 atom stereocenters. The average Bonchev–Trinajstić information content (AvgIpc) is 2.44. The quantitative estimate of drug-likeness (QED) is 0.732. The fraction of sp³-hybridized carbons (Fsp3) is 0.909. The molecule has 1 heterocycles. The third-order valence-electron chi connectivity index (χ3n) is 2.35. The number of hydrogen-bond acceptors (Lipinski definition) is 3. The van der Waals surface area contributed by atoms with Crippen molar-refractivity contribution >= 4 is 6.09 Å². The Kier molecular flexibility index (Phi) is 4.13. The molecule has 0 aromatic heterocycles. The molecule has 1 fully saturated rings. The fourth-order valence-electron chi connectivity index (χ4n) is 1.75. The molecule has 1 saturated heterocycles. The Bertz CT molecular complexity index is 252. The van der Waals surface area contributed by atoms with Gasteiger partial charge in [-0.2, -0.15) is 0 Å². The summed E-state index contributed by atoms with van der Waals surface area (Å²) in [6, 6.07) is -0.213. The van der Waals surface area contributed by atoms with E-state index >= 15 is 0 Å². The number of nitrogens with zero attached hydrogens (tertiary/aromatic N) is 1. The van der Waals surface area contributed by atoms with E-state index in [2.05, 4.69) is 0 Å². The lowest BCUT2D eigenvalue weighted by molar-refractivity contribution is 0.0143. The molecule has 4 nitrogen and oxygen atoms in total. The highest BCUT2D eigenvalue weighted by atomic mass is 19.1. The summed E-state index contributed by atoms with van der Waals surface area (Å²) in [7, 11) is 1.54. The van der Waals surface area contributed by atoms with Gasteiger partial charge < -0.3 is 9.47 Å². The van der Waals surface area contributed by atoms with E-state index < -0.39 is 17.9 Å². The van der Waals surface area contributed by atoms with E-state index in [0.29, 0.717) is 13.0 Å². The molecule has 1 unspecified atom stereocenters. The van der Waals surface area contributed by atoms with Crippen molar-refractivity contribution in [3.63, 3.8) is 0 Å². The summed E-state index contributed by atoms with van der Waals surface area (Å²) >= 11 is 0. The molecular weight excluding hydrogens is 213 g/mol. The molecule has 1 aliphatic heterocycles. The SMILES string of the molecule is COCC1C[C@H](F)CN1C(=O)OC(C)(C)C. The molecule has 0 aromatic carbocycles. The molecule has 0 aliphatic carbocycles. The maximum absolute atomic E-state index is 13.2. The largest absolute Gasteiger partial charge is 0.444 e. The number of ether oxygens (including phenoxy) is 2. The summed E-state index contributed by atoms with van der Waals surface area (Å²) < 4.78 is 23.4. The zero-order valence-electron chi connectivity index (χ0n) is 10.3. The van der Waals surface area contributed by atoms with Crippen LogP contribution >= 0.6 is 0 Å². The van der Waals surface area contributed by atoms with Gasteiger partial charge in [-0.05, 0) is 20.8 Å². The van der Waals surface area contributed by atoms with Crippen LogP contribution in [-0.2, 0) is 9.47 Å². The van der Waals surface area contributed by atoms with Crippen LogP contribution in [0.2, 0.25) is 0 Å². The minimum atomic E-state index is -0.979. The molecule has 5 heteroatoms. The predicted octanol–water partition coefficient (Wildman–Crippen LogP) is 1.98. The van der Waals surface area contributed by atoms with Crippen molar-refractivity contribution in [2.24, 2.45) is 0 Å². The van der Waals surface area contributed by atoms with Crippen molar-refractivity contribution in [1.29, 1.82) is 0 Å². The van der Waals surface area contributed by atoms with Crippen LogP contribution in [0.4, 0.5) is 9.18 Å². The lowest BCUT2D eigenvalue weighted by Crippen LogP contribution is -2.41. The molecule has 0 saturated carbocycles. The van der Waals surface area contributed by atoms with E-state index in [0.717, 1.165) is 0 Å². The summed E-state index contributed by atoms with van der Waals surface area (Å²) in [6.45, 7) is 5.82. The lowest BCUT2D eigenvalue weighted by Gasteiger charge is -2.27. The van der Waals surface area contributed by atoms with Gasteiger partial charge in [0.05, 0.1) is 19.2 Å². The number of hydrogen-bond donors (Lipinski definition) is 0. The van der Waals surface area contributed by atoms with Crippen molar-refractivity contribution in [3.8, 4) is 0 Å². The Hall–Kier alpha value is -0.840. The molecule has 1 rings (SSSR count). The first-order valence-electron chi connectivity index (χ1n) is 5.46. The highest BCUT2D eigenvalue weighted by molar-refractivity contribution is 5.69. The van der Waals surface area contributed by atoms with Crippen LogP contribution < -0.4 is 0 Å². The predicted molar refractivity (Wildman–Crippen MR) is 58.1 cm³/mol. The third kappa shape index (κ3) is 3.63. The van der Waals surface area contributed by atoms with E-state index in [1.54, 1.807) is 27.9 Å². The Labute approximate surface area is 95.7 Å². The second-order valence-electron chi connectivity index (χ2n) is 5.07. The van der Waals surface area contributed by atoms with Crippen LogP contribution in [0, 0.1) is 0 Å². The topological polar surface area (TPSA) is 38.8 Å². The first-order chi connectivity index (χ1) is 7.33. The zero-order chi connectivity index (χ0) is 12.3. The second-order valence-corrected chi connectivity index (χ2v) is 5.07. The molecule has 0 radical (unpaired) electrons. The van der Waals surface area contributed by atoms with Gasteiger partial charge in [0, 0.05) is 13.5 Å². The Morgan fingerprint density at radius 2 is 2.12 bits per heavy atom. The second kappa shape index (κ2) is 4.99. The number of methoxy groups -OCH3 is 1. The Balaban J connectivity index is 2.59. The van der Waals surface area contributed by atoms with Crippen LogP contribution in [0.15, 0.2) is 0 Å². The van der Waals surface area contributed by atoms with Gasteiger partial charge in [0.15, 0.2) is 0 Å². The molecule has 1 aliphatic rings. The number of rotatable bonds is 2. The first kappa shape index (κ1) is 13.2. The molecular formula is C11H20FNO3. The van der Waals surface area contributed by atoms with Gasteiger partial charge in [0.2, 0.25) is 0 Å². The monoisotopic (exact) mass is 233 g/mol. The standard InChI is InChI=1S/C11H20FNO3/c1-11(2,3)16-10(14)13-6-8(12)5-9(13)7-15-4/h8-9H,5-7H2,1-4H3/t8-,9?/m0/s1. The van der Waals surface area contributed by atoms with Crippen LogP contribution in [-0.4, -0.2) is 49.1 Å². The zero-order valence-corrected chi connectivity index (χ0v) is 10.3. The van der Waals surface area contributed by atoms with Crippen molar-refractivity contribution in [2.75, 3.05) is 20.3 Å². The maximum Gasteiger partial charge on any atom is 0.410 e. The smallest absolute Gasteiger partial charge is 0.410 e. The first-order valence-corrected chi connectivity index (χ1v) is 5.46. The summed E-state index contributed by atoms with van der Waals surface area (Å²) in [5.74, 6) is 0. The van der Waals surface area contributed by atoms with Crippen LogP contribution in [0.25, 0.3) is 0 Å². The highest BCUT2D eigenvalue weighted by Crippen LogP contribution is 2.23. The minimum Gasteiger partial charge on any atom is -0.444 e. The average molecular weight is 233 g/mol. The van der Waals surface area contributed by atoms with Crippen LogP contribution in [0.5, 0.6) is 0 Å². The maximum atomic E-state index is 13.2. The molecule has 0 aromatic rings. The van der Waals surface area contributed by atoms with Gasteiger partial charge in [-0.25, -0.2) is 9.18 Å². The number of likely N-dealkylation sites (tertiary alicyclic amines) is 1. The Morgan fingerprint density at radius 3 is 2.62 bits per heavy atom. The molecule has 16 heavy (non-hydrogen) atoms. The molecule has 1 amide bonds. The van der Waals surface area contributed by atoms with Gasteiger partial charge in [-0.1, -0.05) is 0 Å². The summed E-state index contributed by atoms with van der Waals surface area (Å²) in [5, 5.41) is 0. The van der Waals surface area contributed by atoms with E-state index in [4.69, 9.17) is 9.47 Å². The Morgan fingerprint density at radius 1 is 1.50 bits per heavy atom. The number of carbonyl (C=O) groups is 1. The van der Waals surface area contributed by atoms with Gasteiger partial charge in [0.25, 0.3) is 0 Å². The molecule has 94 valence electrons. The number of carbonyl (C=O) groups excluding carboxylic acids is 1. The van der Waals surface area contributed by atoms with E-state index in [1.807, 2.05) is 0 Å². The number of amides is 1. The van der Waals surface area contributed by atoms with Gasteiger partial charge in [-0.3, -0.25) is 4.90 Å². The van der Waals surface area contributed by atoms with E-state index in [9.17, 15) is 9.18 Å². The third-order valence-corrected chi connectivity index (χ3v) is 2.35. The van der Waals surface area contributed by atoms with Crippen molar-refractivity contribution in [2.45, 2.75) is 45.0 Å². The van der Waals surface area contributed by atoms with Gasteiger partial charge in [-0.15, -0.1) is 0 Å². The lowest BCUT2D eigenvalue weighted by atomic mass is 10.2. The normalized spacial score (nSPS) is 25.9. The van der Waals surface area contributed by atoms with E-state index in [1.165, 1.54) is 4.90 Å². The molecule has 0 spiro atoms. The highest BCUT2D eigenvalue weighted by Gasteiger charge is 2.37. The minimum absolute atomic E-state index is 0.100. The van der Waals surface area contributed by atoms with Gasteiger partial charge in [0.1, 0.15) is 11.8 Å². The van der Waals surface area contributed by atoms with Crippen molar-refractivity contribution < 1.29 is 18.7 Å². The van der Waals surface area contributed by atoms with Crippen molar-refractivity contribution in [3.05, 3.63) is 0 Å². The van der Waals surface area contributed by atoms with Crippen LogP contribution in [0.1, 0.15) is 27.2 Å². The summed E-state index contributed by atoms with van der Waals surface area (Å²) in [4.78, 5) is 13.2. The fourth-order valence-corrected chi connectivity index (χ4v) is 1.75. The summed E-state index contributed by atoms with van der Waals surface area (Å²) in [5.41, 5.74) is -0.552. The number of halogens is 1. The molecule has 0 bridgehead atoms. The summed E-state index contributed by atoms with van der Waals surface area (Å²) in [6.07, 6.45) is -1.12.